The van der Waals surface area contributed by atoms with Gasteiger partial charge in [-0.05, 0) is 42.5 Å². The monoisotopic (exact) mass is 243 g/mol. The van der Waals surface area contributed by atoms with Crippen LogP contribution >= 0.6 is 23.2 Å². The highest BCUT2D eigenvalue weighted by Crippen LogP contribution is 2.35. The van der Waals surface area contributed by atoms with Crippen molar-refractivity contribution in [2.75, 3.05) is 0 Å². The number of nitrogens with two attached hydrogens (primary N) is 1. The topological polar surface area (TPSA) is 26.0 Å². The molecule has 0 spiro atoms. The van der Waals surface area contributed by atoms with Gasteiger partial charge >= 0.3 is 0 Å². The highest BCUT2D eigenvalue weighted by molar-refractivity contribution is 6.34. The predicted molar refractivity (Wildman–Crippen MR) is 65.3 cm³/mol. The number of halogens is 2. The molecule has 0 unspecified atom stereocenters. The molecule has 1 saturated carbocycles. The lowest BCUT2D eigenvalue weighted by atomic mass is 9.93. The molecule has 15 heavy (non-hydrogen) atoms. The Balaban J connectivity index is 2.20. The van der Waals surface area contributed by atoms with Gasteiger partial charge in [0.2, 0.25) is 0 Å². The molecule has 0 heterocycles. The van der Waals surface area contributed by atoms with Gasteiger partial charge in [0, 0.05) is 16.1 Å². The van der Waals surface area contributed by atoms with Crippen LogP contribution in [0, 0.1) is 5.92 Å². The summed E-state index contributed by atoms with van der Waals surface area (Å²) < 4.78 is 0. The third-order valence-electron chi connectivity index (χ3n) is 3.18. The van der Waals surface area contributed by atoms with Crippen molar-refractivity contribution in [1.29, 1.82) is 0 Å². The van der Waals surface area contributed by atoms with E-state index < -0.39 is 0 Å². The predicted octanol–water partition coefficient (Wildman–Crippen LogP) is 4.18. The molecule has 1 aromatic rings. The molecule has 0 aliphatic heterocycles. The van der Waals surface area contributed by atoms with E-state index in [4.69, 9.17) is 28.9 Å². The number of rotatable bonds is 2. The van der Waals surface area contributed by atoms with Gasteiger partial charge in [0.25, 0.3) is 0 Å². The third-order valence-corrected chi connectivity index (χ3v) is 3.61. The Morgan fingerprint density at radius 2 is 1.60 bits per heavy atom. The Bertz CT molecular complexity index is 325. The molecule has 1 aromatic carbocycles. The van der Waals surface area contributed by atoms with Gasteiger partial charge in [0.05, 0.1) is 0 Å². The molecule has 0 aromatic heterocycles. The zero-order chi connectivity index (χ0) is 10.8. The first-order chi connectivity index (χ1) is 7.16. The summed E-state index contributed by atoms with van der Waals surface area (Å²) in [6.45, 7) is 0. The van der Waals surface area contributed by atoms with Crippen molar-refractivity contribution >= 4 is 23.2 Å². The summed E-state index contributed by atoms with van der Waals surface area (Å²) in [5.41, 5.74) is 7.29. The van der Waals surface area contributed by atoms with E-state index in [0.29, 0.717) is 16.0 Å². The van der Waals surface area contributed by atoms with E-state index >= 15 is 0 Å². The smallest absolute Gasteiger partial charge is 0.0424 e. The second-order valence-corrected chi connectivity index (χ2v) is 5.15. The normalized spacial score (nSPS) is 19.4. The number of benzene rings is 1. The van der Waals surface area contributed by atoms with Crippen LogP contribution in [0.3, 0.4) is 0 Å². The van der Waals surface area contributed by atoms with Crippen LogP contribution in [0.15, 0.2) is 18.2 Å². The van der Waals surface area contributed by atoms with Crippen LogP contribution < -0.4 is 5.73 Å². The van der Waals surface area contributed by atoms with Gasteiger partial charge in [0.1, 0.15) is 0 Å². The van der Waals surface area contributed by atoms with Crippen molar-refractivity contribution in [3.63, 3.8) is 0 Å². The number of hydrogen-bond donors (Lipinski definition) is 1. The molecule has 1 fully saturated rings. The van der Waals surface area contributed by atoms with E-state index in [0.717, 1.165) is 5.56 Å². The largest absolute Gasteiger partial charge is 0.324 e. The highest BCUT2D eigenvalue weighted by atomic mass is 35.5. The molecule has 2 N–H and O–H groups in total. The maximum atomic E-state index is 6.22. The quantitative estimate of drug-likeness (QED) is 0.829. The van der Waals surface area contributed by atoms with Gasteiger partial charge in [-0.2, -0.15) is 0 Å². The van der Waals surface area contributed by atoms with Crippen LogP contribution in [-0.2, 0) is 0 Å². The van der Waals surface area contributed by atoms with Gasteiger partial charge in [-0.1, -0.05) is 36.0 Å². The van der Waals surface area contributed by atoms with Crippen molar-refractivity contribution in [3.05, 3.63) is 33.8 Å². The minimum Gasteiger partial charge on any atom is -0.324 e. The first-order valence-electron chi connectivity index (χ1n) is 5.38. The van der Waals surface area contributed by atoms with E-state index in [1.807, 2.05) is 12.1 Å². The van der Waals surface area contributed by atoms with Gasteiger partial charge in [-0.25, -0.2) is 0 Å². The molecule has 0 amide bonds. The summed E-state index contributed by atoms with van der Waals surface area (Å²) in [5.74, 6) is 0.597. The molecule has 1 aliphatic carbocycles. The van der Waals surface area contributed by atoms with Crippen LogP contribution in [0.2, 0.25) is 10.0 Å². The van der Waals surface area contributed by atoms with Crippen LogP contribution in [0.25, 0.3) is 0 Å². The summed E-state index contributed by atoms with van der Waals surface area (Å²) >= 11 is 11.9. The molecule has 82 valence electrons. The summed E-state index contributed by atoms with van der Waals surface area (Å²) in [6, 6.07) is 5.68. The Hall–Kier alpha value is -0.240. The van der Waals surface area contributed by atoms with Gasteiger partial charge in [-0.15, -0.1) is 0 Å². The molecule has 0 saturated heterocycles. The van der Waals surface area contributed by atoms with E-state index in [2.05, 4.69) is 0 Å². The first-order valence-corrected chi connectivity index (χ1v) is 6.14. The molecular formula is C12H15Cl2N. The molecule has 0 bridgehead atoms. The first kappa shape index (κ1) is 11.3. The standard InChI is InChI=1S/C12H15Cl2N/c13-10-5-9(6-11(14)7-10)12(15)8-3-1-2-4-8/h5-8,12H,1-4,15H2/t12-/m0/s1. The minimum atomic E-state index is 0.0868. The SMILES string of the molecule is N[C@H](c1cc(Cl)cc(Cl)c1)C1CCCC1. The minimum absolute atomic E-state index is 0.0868. The third kappa shape index (κ3) is 2.66. The van der Waals surface area contributed by atoms with Crippen molar-refractivity contribution in [1.82, 2.24) is 0 Å². The van der Waals surface area contributed by atoms with Crippen LogP contribution in [0.4, 0.5) is 0 Å². The molecule has 1 aliphatic rings. The molecule has 1 atom stereocenters. The second kappa shape index (κ2) is 4.73. The Morgan fingerprint density at radius 1 is 1.07 bits per heavy atom. The Labute approximate surface area is 101 Å². The lowest BCUT2D eigenvalue weighted by Gasteiger charge is -2.19. The second-order valence-electron chi connectivity index (χ2n) is 4.27. The summed E-state index contributed by atoms with van der Waals surface area (Å²) in [7, 11) is 0. The van der Waals surface area contributed by atoms with Crippen molar-refractivity contribution in [2.45, 2.75) is 31.7 Å². The molecule has 0 radical (unpaired) electrons. The summed E-state index contributed by atoms with van der Waals surface area (Å²) in [4.78, 5) is 0. The van der Waals surface area contributed by atoms with E-state index in [1.54, 1.807) is 6.07 Å². The fraction of sp³-hybridized carbons (Fsp3) is 0.500. The molecular weight excluding hydrogens is 229 g/mol. The van der Waals surface area contributed by atoms with E-state index in [9.17, 15) is 0 Å². The fourth-order valence-electron chi connectivity index (χ4n) is 2.36. The van der Waals surface area contributed by atoms with Crippen LogP contribution in [0.1, 0.15) is 37.3 Å². The van der Waals surface area contributed by atoms with Crippen molar-refractivity contribution in [2.24, 2.45) is 11.7 Å². The van der Waals surface area contributed by atoms with Crippen LogP contribution in [-0.4, -0.2) is 0 Å². The highest BCUT2D eigenvalue weighted by Gasteiger charge is 2.23. The Morgan fingerprint density at radius 3 is 2.13 bits per heavy atom. The maximum absolute atomic E-state index is 6.22. The van der Waals surface area contributed by atoms with E-state index in [-0.39, 0.29) is 6.04 Å². The van der Waals surface area contributed by atoms with E-state index in [1.165, 1.54) is 25.7 Å². The Kier molecular flexibility index (Phi) is 3.55. The average molecular weight is 244 g/mol. The zero-order valence-corrected chi connectivity index (χ0v) is 10.1. The molecule has 3 heteroatoms. The maximum Gasteiger partial charge on any atom is 0.0424 e. The summed E-state index contributed by atoms with van der Waals surface area (Å²) in [6.07, 6.45) is 5.05. The average Bonchev–Trinajstić information content (AvgIpc) is 2.67. The lowest BCUT2D eigenvalue weighted by Crippen LogP contribution is -2.19. The number of hydrogen-bond acceptors (Lipinski definition) is 1. The lowest BCUT2D eigenvalue weighted by molar-refractivity contribution is 0.445. The van der Waals surface area contributed by atoms with Gasteiger partial charge < -0.3 is 5.73 Å². The molecule has 2 rings (SSSR count). The zero-order valence-electron chi connectivity index (χ0n) is 8.55. The van der Waals surface area contributed by atoms with Crippen molar-refractivity contribution in [3.8, 4) is 0 Å². The fourth-order valence-corrected chi connectivity index (χ4v) is 2.90. The van der Waals surface area contributed by atoms with Gasteiger partial charge in [0.15, 0.2) is 0 Å². The van der Waals surface area contributed by atoms with Gasteiger partial charge in [-0.3, -0.25) is 0 Å². The van der Waals surface area contributed by atoms with Crippen LogP contribution in [0.5, 0.6) is 0 Å². The van der Waals surface area contributed by atoms with Crippen molar-refractivity contribution < 1.29 is 0 Å². The summed E-state index contributed by atoms with van der Waals surface area (Å²) in [5, 5.41) is 1.34. The molecule has 1 nitrogen and oxygen atoms in total.